The maximum atomic E-state index is 12.0. The molecular formula is C16H31N3O6. The Bertz CT molecular complexity index is 459. The van der Waals surface area contributed by atoms with Gasteiger partial charge in [0.05, 0.1) is 5.54 Å². The zero-order valence-corrected chi connectivity index (χ0v) is 15.7. The monoisotopic (exact) mass is 361 g/mol. The molecule has 1 atom stereocenters. The molecule has 0 saturated carbocycles. The predicted octanol–water partition coefficient (Wildman–Crippen LogP) is 0.423. The van der Waals surface area contributed by atoms with Crippen molar-refractivity contribution in [3.63, 3.8) is 0 Å². The summed E-state index contributed by atoms with van der Waals surface area (Å²) in [4.78, 5) is 45.0. The van der Waals surface area contributed by atoms with Crippen LogP contribution in [0.4, 0.5) is 0 Å². The molecule has 0 aromatic rings. The van der Waals surface area contributed by atoms with E-state index in [-0.39, 0.29) is 12.3 Å². The van der Waals surface area contributed by atoms with Crippen molar-refractivity contribution < 1.29 is 29.4 Å². The summed E-state index contributed by atoms with van der Waals surface area (Å²) in [5.41, 5.74) is 4.69. The van der Waals surface area contributed by atoms with Crippen molar-refractivity contribution in [1.82, 2.24) is 10.2 Å². The van der Waals surface area contributed by atoms with Gasteiger partial charge in [-0.05, 0) is 26.7 Å². The number of likely N-dealkylation sites (tertiary alicyclic amines) is 1. The van der Waals surface area contributed by atoms with Crippen LogP contribution in [-0.2, 0) is 19.2 Å². The Morgan fingerprint density at radius 2 is 1.64 bits per heavy atom. The molecule has 5 N–H and O–H groups in total. The molecule has 2 amide bonds. The highest BCUT2D eigenvalue weighted by atomic mass is 16.4. The SMILES string of the molecule is CC.CC(C)(N)C(=O)N1CCC[C@H]1C(=O)NCC(=O)O.CCC(=O)O. The molecule has 1 rings (SSSR count). The number of rotatable bonds is 5. The van der Waals surface area contributed by atoms with Crippen LogP contribution in [0.15, 0.2) is 0 Å². The van der Waals surface area contributed by atoms with Gasteiger partial charge in [-0.3, -0.25) is 19.2 Å². The zero-order valence-electron chi connectivity index (χ0n) is 15.7. The Kier molecular flexibility index (Phi) is 12.3. The van der Waals surface area contributed by atoms with Crippen LogP contribution >= 0.6 is 0 Å². The number of carboxylic acid groups (broad SMARTS) is 2. The average molecular weight is 361 g/mol. The van der Waals surface area contributed by atoms with Crippen LogP contribution in [0.3, 0.4) is 0 Å². The van der Waals surface area contributed by atoms with Crippen LogP contribution in [0.5, 0.6) is 0 Å². The van der Waals surface area contributed by atoms with Gasteiger partial charge in [0.2, 0.25) is 11.8 Å². The van der Waals surface area contributed by atoms with Crippen molar-refractivity contribution in [3.05, 3.63) is 0 Å². The first kappa shape index (κ1) is 25.1. The van der Waals surface area contributed by atoms with Crippen molar-refractivity contribution in [2.45, 2.75) is 65.5 Å². The fourth-order valence-electron chi connectivity index (χ4n) is 1.93. The van der Waals surface area contributed by atoms with Crippen LogP contribution in [-0.4, -0.2) is 63.5 Å². The van der Waals surface area contributed by atoms with Gasteiger partial charge in [-0.25, -0.2) is 0 Å². The van der Waals surface area contributed by atoms with Crippen molar-refractivity contribution in [2.75, 3.05) is 13.1 Å². The third-order valence-electron chi connectivity index (χ3n) is 3.08. The first-order valence-corrected chi connectivity index (χ1v) is 8.32. The Balaban J connectivity index is 0. The van der Waals surface area contributed by atoms with Gasteiger partial charge in [-0.2, -0.15) is 0 Å². The van der Waals surface area contributed by atoms with Gasteiger partial charge in [0, 0.05) is 13.0 Å². The lowest BCUT2D eigenvalue weighted by Gasteiger charge is -2.29. The summed E-state index contributed by atoms with van der Waals surface area (Å²) in [7, 11) is 0. The second kappa shape index (κ2) is 12.2. The molecule has 1 heterocycles. The second-order valence-corrected chi connectivity index (χ2v) is 5.74. The van der Waals surface area contributed by atoms with Crippen molar-refractivity contribution >= 4 is 23.8 Å². The minimum Gasteiger partial charge on any atom is -0.481 e. The van der Waals surface area contributed by atoms with Gasteiger partial charge in [0.25, 0.3) is 0 Å². The minimum absolute atomic E-state index is 0.222. The molecule has 0 aliphatic carbocycles. The molecular weight excluding hydrogens is 330 g/mol. The Morgan fingerprint density at radius 3 is 2.00 bits per heavy atom. The third-order valence-corrected chi connectivity index (χ3v) is 3.08. The van der Waals surface area contributed by atoms with Gasteiger partial charge in [0.15, 0.2) is 0 Å². The zero-order chi connectivity index (χ0) is 20.2. The van der Waals surface area contributed by atoms with Crippen LogP contribution in [0, 0.1) is 0 Å². The number of carbonyl (C=O) groups is 4. The molecule has 0 spiro atoms. The lowest BCUT2D eigenvalue weighted by atomic mass is 10.0. The summed E-state index contributed by atoms with van der Waals surface area (Å²) in [5, 5.41) is 18.5. The molecule has 1 aliphatic heterocycles. The maximum Gasteiger partial charge on any atom is 0.322 e. The van der Waals surface area contributed by atoms with E-state index in [4.69, 9.17) is 15.9 Å². The number of carbonyl (C=O) groups excluding carboxylic acids is 2. The molecule has 1 saturated heterocycles. The third kappa shape index (κ3) is 10.3. The highest BCUT2D eigenvalue weighted by Gasteiger charge is 2.38. The predicted molar refractivity (Wildman–Crippen MR) is 92.9 cm³/mol. The molecule has 0 aromatic carbocycles. The largest absolute Gasteiger partial charge is 0.481 e. The van der Waals surface area contributed by atoms with Gasteiger partial charge in [-0.1, -0.05) is 20.8 Å². The van der Waals surface area contributed by atoms with E-state index >= 15 is 0 Å². The van der Waals surface area contributed by atoms with E-state index in [1.807, 2.05) is 13.8 Å². The van der Waals surface area contributed by atoms with E-state index in [0.717, 1.165) is 0 Å². The lowest BCUT2D eigenvalue weighted by Crippen LogP contribution is -2.55. The number of hydrogen-bond donors (Lipinski definition) is 4. The standard InChI is InChI=1S/C11H19N3O4.C3H6O2.C2H6/c1-11(2,12)10(18)14-5-3-4-7(14)9(17)13-6-8(15)16;1-2-3(4)5;1-2/h7H,3-6,12H2,1-2H3,(H,13,17)(H,15,16);2H2,1H3,(H,4,5);1-2H3/t7-;;/m0../s1. The maximum absolute atomic E-state index is 12.0. The number of hydrogen-bond acceptors (Lipinski definition) is 5. The van der Waals surface area contributed by atoms with Gasteiger partial charge < -0.3 is 26.2 Å². The van der Waals surface area contributed by atoms with Crippen molar-refractivity contribution in [3.8, 4) is 0 Å². The number of nitrogens with two attached hydrogens (primary N) is 1. The van der Waals surface area contributed by atoms with E-state index in [9.17, 15) is 19.2 Å². The summed E-state index contributed by atoms with van der Waals surface area (Å²) >= 11 is 0. The minimum atomic E-state index is -1.11. The number of amides is 2. The molecule has 25 heavy (non-hydrogen) atoms. The molecule has 1 fully saturated rings. The number of nitrogens with one attached hydrogen (secondary N) is 1. The molecule has 9 nitrogen and oxygen atoms in total. The van der Waals surface area contributed by atoms with Gasteiger partial charge in [-0.15, -0.1) is 0 Å². The van der Waals surface area contributed by atoms with Crippen molar-refractivity contribution in [2.24, 2.45) is 5.73 Å². The molecule has 1 aliphatic rings. The highest BCUT2D eigenvalue weighted by molar-refractivity contribution is 5.92. The topological polar surface area (TPSA) is 150 Å². The average Bonchev–Trinajstić information content (AvgIpc) is 3.02. The van der Waals surface area contributed by atoms with Crippen LogP contribution in [0.25, 0.3) is 0 Å². The van der Waals surface area contributed by atoms with E-state index in [1.54, 1.807) is 20.8 Å². The van der Waals surface area contributed by atoms with E-state index in [2.05, 4.69) is 5.32 Å². The van der Waals surface area contributed by atoms with E-state index in [0.29, 0.717) is 19.4 Å². The normalized spacial score (nSPS) is 15.9. The first-order chi connectivity index (χ1) is 11.5. The quantitative estimate of drug-likeness (QED) is 0.554. The fourth-order valence-corrected chi connectivity index (χ4v) is 1.93. The molecule has 0 unspecified atom stereocenters. The Morgan fingerprint density at radius 1 is 1.16 bits per heavy atom. The Labute approximate surface area is 148 Å². The van der Waals surface area contributed by atoms with Crippen LogP contribution < -0.4 is 11.1 Å². The lowest BCUT2D eigenvalue weighted by molar-refractivity contribution is -0.143. The van der Waals surface area contributed by atoms with Crippen molar-refractivity contribution in [1.29, 1.82) is 0 Å². The molecule has 9 heteroatoms. The molecule has 146 valence electrons. The molecule has 0 bridgehead atoms. The summed E-state index contributed by atoms with van der Waals surface area (Å²) < 4.78 is 0. The number of nitrogens with zero attached hydrogens (tertiary/aromatic N) is 1. The van der Waals surface area contributed by atoms with Gasteiger partial charge >= 0.3 is 11.9 Å². The van der Waals surface area contributed by atoms with Gasteiger partial charge in [0.1, 0.15) is 12.6 Å². The van der Waals surface area contributed by atoms with Crippen LogP contribution in [0.1, 0.15) is 53.9 Å². The summed E-state index contributed by atoms with van der Waals surface area (Å²) in [6.07, 6.45) is 1.47. The summed E-state index contributed by atoms with van der Waals surface area (Å²) in [5.74, 6) is -2.59. The van der Waals surface area contributed by atoms with Crippen LogP contribution in [0.2, 0.25) is 0 Å². The number of aliphatic carboxylic acids is 2. The smallest absolute Gasteiger partial charge is 0.322 e. The van der Waals surface area contributed by atoms with E-state index < -0.39 is 36.0 Å². The summed E-state index contributed by atoms with van der Waals surface area (Å²) in [6.45, 7) is 8.80. The Hall–Kier alpha value is -2.16. The number of carboxylic acids is 2. The second-order valence-electron chi connectivity index (χ2n) is 5.74. The molecule has 0 aromatic heterocycles. The highest BCUT2D eigenvalue weighted by Crippen LogP contribution is 2.20. The molecule has 0 radical (unpaired) electrons. The fraction of sp³-hybridized carbons (Fsp3) is 0.750. The van der Waals surface area contributed by atoms with E-state index in [1.165, 1.54) is 4.90 Å². The first-order valence-electron chi connectivity index (χ1n) is 8.32. The summed E-state index contributed by atoms with van der Waals surface area (Å²) in [6, 6.07) is -0.611.